The highest BCUT2D eigenvalue weighted by atomic mass is 19.2. The zero-order valence-electron chi connectivity index (χ0n) is 14.9. The van der Waals surface area contributed by atoms with Crippen molar-refractivity contribution in [3.05, 3.63) is 0 Å². The maximum Gasteiger partial charge on any atom is 0.249 e. The van der Waals surface area contributed by atoms with Crippen LogP contribution < -0.4 is 10.6 Å². The van der Waals surface area contributed by atoms with Gasteiger partial charge >= 0.3 is 0 Å². The van der Waals surface area contributed by atoms with Gasteiger partial charge in [0.2, 0.25) is 5.85 Å². The van der Waals surface area contributed by atoms with E-state index in [2.05, 4.69) is 10.6 Å². The fraction of sp³-hybridized carbons (Fsp3) is 1.00. The van der Waals surface area contributed by atoms with Crippen LogP contribution in [0.25, 0.3) is 0 Å². The lowest BCUT2D eigenvalue weighted by molar-refractivity contribution is -0.165. The molecule has 0 amide bonds. The summed E-state index contributed by atoms with van der Waals surface area (Å²) in [4.78, 5) is 0. The highest BCUT2D eigenvalue weighted by Crippen LogP contribution is 2.31. The molecular weight excluding hydrogens is 335 g/mol. The molecule has 7 N–H and O–H groups in total. The van der Waals surface area contributed by atoms with E-state index in [9.17, 15) is 29.9 Å². The van der Waals surface area contributed by atoms with Crippen LogP contribution in [0.4, 0.5) is 4.39 Å². The van der Waals surface area contributed by atoms with E-state index in [1.165, 1.54) is 6.92 Å². The summed E-state index contributed by atoms with van der Waals surface area (Å²) in [7, 11) is 0. The van der Waals surface area contributed by atoms with Crippen molar-refractivity contribution in [2.75, 3.05) is 19.8 Å². The molecule has 0 spiro atoms. The largest absolute Gasteiger partial charge is 0.395 e. The minimum atomic E-state index is -2.69. The molecule has 2 rings (SSSR count). The normalized spacial score (nSPS) is 48.8. The topological polar surface area (TPSA) is 134 Å². The molecule has 0 radical (unpaired) electrons. The number of aliphatic hydroxyl groups is 5. The molecule has 8 nitrogen and oxygen atoms in total. The molecule has 1 unspecified atom stereocenters. The van der Waals surface area contributed by atoms with Crippen molar-refractivity contribution >= 4 is 0 Å². The van der Waals surface area contributed by atoms with Crippen molar-refractivity contribution in [1.29, 1.82) is 0 Å². The predicted octanol–water partition coefficient (Wildman–Crippen LogP) is -2.15. The van der Waals surface area contributed by atoms with E-state index in [1.807, 2.05) is 6.92 Å². The third-order valence-corrected chi connectivity index (χ3v) is 5.56. The molecule has 0 saturated carbocycles. The van der Waals surface area contributed by atoms with Gasteiger partial charge in [0.1, 0.15) is 17.8 Å². The number of hydrogen-bond acceptors (Lipinski definition) is 8. The van der Waals surface area contributed by atoms with Gasteiger partial charge in [0.15, 0.2) is 0 Å². The Morgan fingerprint density at radius 2 is 1.80 bits per heavy atom. The standard InChI is InChI=1S/C16H31FN2O6/c1-4-11-16(17,24)14(22)10(18-11)7-25-6-8(2)12-15(3,23)13(21)9(5-20)19-12/h8-14,18-24H,4-7H2,1-3H3/t8?,9-,10-,11+,12+,13-,14-,15+,16+/m1/s1. The number of alkyl halides is 1. The Balaban J connectivity index is 1.86. The molecule has 148 valence electrons. The highest BCUT2D eigenvalue weighted by molar-refractivity contribution is 5.08. The molecule has 0 bridgehead atoms. The average molecular weight is 366 g/mol. The van der Waals surface area contributed by atoms with E-state index in [1.54, 1.807) is 6.92 Å². The number of aliphatic hydroxyl groups excluding tert-OH is 3. The minimum Gasteiger partial charge on any atom is -0.395 e. The number of ether oxygens (including phenoxy) is 1. The Hall–Kier alpha value is -0.390. The Morgan fingerprint density at radius 1 is 1.16 bits per heavy atom. The second-order valence-electron chi connectivity index (χ2n) is 7.53. The number of nitrogens with one attached hydrogen (secondary N) is 2. The number of rotatable bonds is 7. The fourth-order valence-electron chi connectivity index (χ4n) is 3.95. The smallest absolute Gasteiger partial charge is 0.249 e. The van der Waals surface area contributed by atoms with E-state index >= 15 is 0 Å². The van der Waals surface area contributed by atoms with Crippen LogP contribution in [0.1, 0.15) is 27.2 Å². The van der Waals surface area contributed by atoms with Crippen LogP contribution in [0.2, 0.25) is 0 Å². The lowest BCUT2D eigenvalue weighted by Gasteiger charge is -2.32. The number of halogens is 1. The van der Waals surface area contributed by atoms with Crippen molar-refractivity contribution in [2.45, 2.75) is 75.0 Å². The highest BCUT2D eigenvalue weighted by Gasteiger charge is 2.54. The summed E-state index contributed by atoms with van der Waals surface area (Å²) in [6, 6.07) is -2.71. The SMILES string of the molecule is CC[C@@H]1N[C@H](COCC(C)[C@@H]2N[C@H](CO)[C@@H](O)[C@@]2(C)O)[C@@H](O)[C@]1(O)F. The Morgan fingerprint density at radius 3 is 2.28 bits per heavy atom. The van der Waals surface area contributed by atoms with Crippen molar-refractivity contribution in [2.24, 2.45) is 5.92 Å². The zero-order valence-corrected chi connectivity index (χ0v) is 14.9. The van der Waals surface area contributed by atoms with Crippen LogP contribution in [0.15, 0.2) is 0 Å². The van der Waals surface area contributed by atoms with Crippen molar-refractivity contribution in [3.63, 3.8) is 0 Å². The van der Waals surface area contributed by atoms with Crippen LogP contribution in [0.3, 0.4) is 0 Å². The zero-order chi connectivity index (χ0) is 19.0. The fourth-order valence-corrected chi connectivity index (χ4v) is 3.95. The Kier molecular flexibility index (Phi) is 6.44. The maximum atomic E-state index is 14.1. The van der Waals surface area contributed by atoms with Crippen LogP contribution in [-0.2, 0) is 4.74 Å². The summed E-state index contributed by atoms with van der Waals surface area (Å²) in [6.07, 6.45) is -2.36. The van der Waals surface area contributed by atoms with Gasteiger partial charge < -0.3 is 40.9 Å². The van der Waals surface area contributed by atoms with E-state index in [-0.39, 0.29) is 25.7 Å². The van der Waals surface area contributed by atoms with E-state index < -0.39 is 47.8 Å². The quantitative estimate of drug-likeness (QED) is 0.271. The molecule has 0 aromatic carbocycles. The summed E-state index contributed by atoms with van der Waals surface area (Å²) in [5.74, 6) is -2.91. The van der Waals surface area contributed by atoms with Crippen LogP contribution >= 0.6 is 0 Å². The van der Waals surface area contributed by atoms with E-state index in [4.69, 9.17) is 4.74 Å². The second-order valence-corrected chi connectivity index (χ2v) is 7.53. The summed E-state index contributed by atoms with van der Waals surface area (Å²) in [5.41, 5.74) is -1.42. The molecule has 0 aromatic heterocycles. The first kappa shape index (κ1) is 20.9. The molecule has 2 saturated heterocycles. The lowest BCUT2D eigenvalue weighted by Crippen LogP contribution is -2.50. The third kappa shape index (κ3) is 3.84. The summed E-state index contributed by atoms with van der Waals surface area (Å²) in [6.45, 7) is 4.90. The van der Waals surface area contributed by atoms with Gasteiger partial charge in [-0.05, 0) is 19.3 Å². The van der Waals surface area contributed by atoms with Gasteiger partial charge in [-0.3, -0.25) is 0 Å². The molecule has 0 aromatic rings. The van der Waals surface area contributed by atoms with Crippen LogP contribution in [0, 0.1) is 5.92 Å². The van der Waals surface area contributed by atoms with E-state index in [0.29, 0.717) is 6.42 Å². The summed E-state index contributed by atoms with van der Waals surface area (Å²) >= 11 is 0. The summed E-state index contributed by atoms with van der Waals surface area (Å²) in [5, 5.41) is 55.2. The van der Waals surface area contributed by atoms with Gasteiger partial charge in [-0.2, -0.15) is 0 Å². The molecule has 25 heavy (non-hydrogen) atoms. The minimum absolute atomic E-state index is 0.00488. The van der Waals surface area contributed by atoms with Gasteiger partial charge in [0.05, 0.1) is 37.9 Å². The maximum absolute atomic E-state index is 14.1. The van der Waals surface area contributed by atoms with Gasteiger partial charge in [-0.1, -0.05) is 13.8 Å². The molecule has 2 heterocycles. The molecule has 2 fully saturated rings. The van der Waals surface area contributed by atoms with Crippen molar-refractivity contribution in [3.8, 4) is 0 Å². The Bertz CT molecular complexity index is 452. The molecule has 9 atom stereocenters. The third-order valence-electron chi connectivity index (χ3n) is 5.56. The molecule has 9 heteroatoms. The summed E-state index contributed by atoms with van der Waals surface area (Å²) < 4.78 is 19.6. The monoisotopic (exact) mass is 366 g/mol. The van der Waals surface area contributed by atoms with E-state index in [0.717, 1.165) is 0 Å². The first-order valence-electron chi connectivity index (χ1n) is 8.77. The Labute approximate surface area is 147 Å². The lowest BCUT2D eigenvalue weighted by atomic mass is 9.86. The molecular formula is C16H31FN2O6. The molecule has 2 aliphatic heterocycles. The first-order chi connectivity index (χ1) is 11.6. The van der Waals surface area contributed by atoms with Gasteiger partial charge in [-0.25, -0.2) is 4.39 Å². The molecule has 2 aliphatic rings. The van der Waals surface area contributed by atoms with Gasteiger partial charge in [0.25, 0.3) is 0 Å². The molecule has 0 aliphatic carbocycles. The average Bonchev–Trinajstić information content (AvgIpc) is 2.91. The second kappa shape index (κ2) is 7.69. The first-order valence-corrected chi connectivity index (χ1v) is 8.77. The van der Waals surface area contributed by atoms with Gasteiger partial charge in [-0.15, -0.1) is 0 Å². The predicted molar refractivity (Wildman–Crippen MR) is 87.5 cm³/mol. The van der Waals surface area contributed by atoms with Crippen LogP contribution in [-0.4, -0.2) is 93.2 Å². The van der Waals surface area contributed by atoms with Crippen molar-refractivity contribution < 1.29 is 34.7 Å². The number of hydrogen-bond donors (Lipinski definition) is 7. The van der Waals surface area contributed by atoms with Crippen molar-refractivity contribution in [1.82, 2.24) is 10.6 Å². The van der Waals surface area contributed by atoms with Crippen LogP contribution in [0.5, 0.6) is 0 Å². The van der Waals surface area contributed by atoms with Gasteiger partial charge in [0, 0.05) is 6.04 Å².